The number of ether oxygens (including phenoxy) is 1. The summed E-state index contributed by atoms with van der Waals surface area (Å²) in [5, 5.41) is 3.00. The smallest absolute Gasteiger partial charge is 0.306 e. The summed E-state index contributed by atoms with van der Waals surface area (Å²) in [5.74, 6) is -0.102. The number of anilines is 2. The molecule has 0 aromatic heterocycles. The SMILES string of the molecule is CCCC(=O)OCc1ccc(N(C)C)c(NC(=O)CCCCCCCCS(=O)(=O)c2ccccc2)c1. The minimum atomic E-state index is -3.20. The number of esters is 1. The zero-order chi connectivity index (χ0) is 26.4. The van der Waals surface area contributed by atoms with Crippen molar-refractivity contribution >= 4 is 33.1 Å². The monoisotopic (exact) mass is 516 g/mol. The zero-order valence-corrected chi connectivity index (χ0v) is 22.6. The number of sulfone groups is 1. The fourth-order valence-corrected chi connectivity index (χ4v) is 5.24. The van der Waals surface area contributed by atoms with E-state index < -0.39 is 9.84 Å². The molecule has 36 heavy (non-hydrogen) atoms. The number of rotatable bonds is 16. The van der Waals surface area contributed by atoms with E-state index in [0.29, 0.717) is 29.8 Å². The van der Waals surface area contributed by atoms with Crippen molar-refractivity contribution in [2.24, 2.45) is 0 Å². The van der Waals surface area contributed by atoms with Gasteiger partial charge in [-0.3, -0.25) is 9.59 Å². The number of unbranched alkanes of at least 4 members (excludes halogenated alkanes) is 5. The van der Waals surface area contributed by atoms with Crippen molar-refractivity contribution in [3.63, 3.8) is 0 Å². The fraction of sp³-hybridized carbons (Fsp3) is 0.500. The number of benzene rings is 2. The van der Waals surface area contributed by atoms with Gasteiger partial charge in [-0.05, 0) is 49.1 Å². The van der Waals surface area contributed by atoms with Crippen LogP contribution in [0.1, 0.15) is 70.3 Å². The van der Waals surface area contributed by atoms with Gasteiger partial charge in [-0.25, -0.2) is 8.42 Å². The van der Waals surface area contributed by atoms with Gasteiger partial charge >= 0.3 is 5.97 Å². The fourth-order valence-electron chi connectivity index (χ4n) is 3.85. The van der Waals surface area contributed by atoms with Crippen molar-refractivity contribution in [2.45, 2.75) is 76.2 Å². The summed E-state index contributed by atoms with van der Waals surface area (Å²) >= 11 is 0. The Bertz CT molecular complexity index is 1070. The van der Waals surface area contributed by atoms with Crippen molar-refractivity contribution in [3.05, 3.63) is 54.1 Å². The molecular weight excluding hydrogens is 476 g/mol. The van der Waals surface area contributed by atoms with Gasteiger partial charge < -0.3 is 15.0 Å². The van der Waals surface area contributed by atoms with Gasteiger partial charge in [0.15, 0.2) is 9.84 Å². The molecule has 0 unspecified atom stereocenters. The predicted octanol–water partition coefficient (Wildman–Crippen LogP) is 5.74. The molecule has 1 N–H and O–H groups in total. The maximum Gasteiger partial charge on any atom is 0.306 e. The van der Waals surface area contributed by atoms with Crippen molar-refractivity contribution in [2.75, 3.05) is 30.1 Å². The van der Waals surface area contributed by atoms with Gasteiger partial charge in [-0.15, -0.1) is 0 Å². The normalized spacial score (nSPS) is 11.2. The van der Waals surface area contributed by atoms with E-state index in [0.717, 1.165) is 49.8 Å². The average Bonchev–Trinajstić information content (AvgIpc) is 2.85. The second-order valence-electron chi connectivity index (χ2n) is 9.21. The Balaban J connectivity index is 1.70. The third kappa shape index (κ3) is 10.4. The third-order valence-electron chi connectivity index (χ3n) is 5.84. The number of nitrogens with zero attached hydrogens (tertiary/aromatic N) is 1. The van der Waals surface area contributed by atoms with Crippen molar-refractivity contribution in [1.82, 2.24) is 0 Å². The zero-order valence-electron chi connectivity index (χ0n) is 21.8. The van der Waals surface area contributed by atoms with E-state index in [4.69, 9.17) is 4.74 Å². The molecule has 0 atom stereocenters. The predicted molar refractivity (Wildman–Crippen MR) is 145 cm³/mol. The van der Waals surface area contributed by atoms with Gasteiger partial charge in [0, 0.05) is 26.9 Å². The first-order chi connectivity index (χ1) is 17.2. The standard InChI is InChI=1S/C28H40N2O5S/c1-4-14-28(32)35-22-23-18-19-26(30(2)3)25(21-23)29-27(31)17-12-7-5-6-8-13-20-36(33,34)24-15-10-9-11-16-24/h9-11,15-16,18-19,21H,4-8,12-14,17,20,22H2,1-3H3,(H,29,31). The Kier molecular flexibility index (Phi) is 12.5. The first kappa shape index (κ1) is 29.4. The molecule has 0 saturated carbocycles. The van der Waals surface area contributed by atoms with E-state index in [1.165, 1.54) is 0 Å². The van der Waals surface area contributed by atoms with Crippen LogP contribution in [0.3, 0.4) is 0 Å². The van der Waals surface area contributed by atoms with Gasteiger partial charge in [0.2, 0.25) is 5.91 Å². The second kappa shape index (κ2) is 15.3. The second-order valence-corrected chi connectivity index (χ2v) is 11.3. The van der Waals surface area contributed by atoms with Crippen molar-refractivity contribution in [3.8, 4) is 0 Å². The molecule has 0 saturated heterocycles. The van der Waals surface area contributed by atoms with E-state index in [1.54, 1.807) is 24.3 Å². The summed E-state index contributed by atoms with van der Waals surface area (Å²) in [6, 6.07) is 14.2. The van der Waals surface area contributed by atoms with Crippen LogP contribution < -0.4 is 10.2 Å². The molecule has 198 valence electrons. The highest BCUT2D eigenvalue weighted by molar-refractivity contribution is 7.91. The van der Waals surface area contributed by atoms with Gasteiger partial charge in [0.05, 0.1) is 22.0 Å². The molecule has 8 heteroatoms. The molecule has 0 radical (unpaired) electrons. The highest BCUT2D eigenvalue weighted by atomic mass is 32.2. The molecule has 2 aromatic carbocycles. The van der Waals surface area contributed by atoms with E-state index in [9.17, 15) is 18.0 Å². The Morgan fingerprint density at radius 1 is 0.889 bits per heavy atom. The molecule has 0 bridgehead atoms. The summed E-state index contributed by atoms with van der Waals surface area (Å²) in [6.07, 6.45) is 6.70. The Hall–Kier alpha value is -2.87. The van der Waals surface area contributed by atoms with Crippen LogP contribution in [0.4, 0.5) is 11.4 Å². The lowest BCUT2D eigenvalue weighted by atomic mass is 10.1. The lowest BCUT2D eigenvalue weighted by molar-refractivity contribution is -0.145. The quantitative estimate of drug-likeness (QED) is 0.226. The van der Waals surface area contributed by atoms with Crippen molar-refractivity contribution in [1.29, 1.82) is 0 Å². The van der Waals surface area contributed by atoms with Gasteiger partial charge in [-0.1, -0.05) is 56.9 Å². The number of nitrogens with one attached hydrogen (secondary N) is 1. The molecule has 2 aromatic rings. The first-order valence-electron chi connectivity index (χ1n) is 12.8. The summed E-state index contributed by atoms with van der Waals surface area (Å²) in [7, 11) is 0.624. The number of amides is 1. The van der Waals surface area contributed by atoms with Crippen LogP contribution in [0.15, 0.2) is 53.4 Å². The van der Waals surface area contributed by atoms with E-state index >= 15 is 0 Å². The van der Waals surface area contributed by atoms with E-state index in [2.05, 4.69) is 5.32 Å². The van der Waals surface area contributed by atoms with Crippen LogP contribution in [-0.4, -0.2) is 40.1 Å². The van der Waals surface area contributed by atoms with Gasteiger partial charge in [0.1, 0.15) is 6.61 Å². The highest BCUT2D eigenvalue weighted by Gasteiger charge is 2.13. The minimum Gasteiger partial charge on any atom is -0.461 e. The van der Waals surface area contributed by atoms with Crippen LogP contribution in [0, 0.1) is 0 Å². The molecule has 2 rings (SSSR count). The molecule has 0 aliphatic heterocycles. The summed E-state index contributed by atoms with van der Waals surface area (Å²) in [4.78, 5) is 26.5. The Morgan fingerprint density at radius 2 is 1.56 bits per heavy atom. The Labute approximate surface area is 216 Å². The van der Waals surface area contributed by atoms with Crippen molar-refractivity contribution < 1.29 is 22.7 Å². The molecule has 0 fully saturated rings. The van der Waals surface area contributed by atoms with Crippen LogP contribution in [0.2, 0.25) is 0 Å². The van der Waals surface area contributed by atoms with Crippen LogP contribution in [0.5, 0.6) is 0 Å². The number of hydrogen-bond donors (Lipinski definition) is 1. The first-order valence-corrected chi connectivity index (χ1v) is 14.4. The maximum atomic E-state index is 12.5. The molecule has 0 spiro atoms. The van der Waals surface area contributed by atoms with E-state index in [-0.39, 0.29) is 24.2 Å². The summed E-state index contributed by atoms with van der Waals surface area (Å²) < 4.78 is 29.9. The molecule has 0 aliphatic rings. The van der Waals surface area contributed by atoms with Gasteiger partial charge in [0.25, 0.3) is 0 Å². The topological polar surface area (TPSA) is 92.8 Å². The lowest BCUT2D eigenvalue weighted by Gasteiger charge is -2.19. The largest absolute Gasteiger partial charge is 0.461 e. The third-order valence-corrected chi connectivity index (χ3v) is 7.66. The molecule has 0 aliphatic carbocycles. The van der Waals surface area contributed by atoms with Crippen LogP contribution in [0.25, 0.3) is 0 Å². The molecule has 0 heterocycles. The van der Waals surface area contributed by atoms with Gasteiger partial charge in [-0.2, -0.15) is 0 Å². The van der Waals surface area contributed by atoms with Crippen LogP contribution in [-0.2, 0) is 30.8 Å². The molecular formula is C28H40N2O5S. The van der Waals surface area contributed by atoms with E-state index in [1.807, 2.05) is 50.2 Å². The van der Waals surface area contributed by atoms with Crippen LogP contribution >= 0.6 is 0 Å². The Morgan fingerprint density at radius 3 is 2.22 bits per heavy atom. The lowest BCUT2D eigenvalue weighted by Crippen LogP contribution is -2.17. The minimum absolute atomic E-state index is 0.0489. The molecule has 1 amide bonds. The maximum absolute atomic E-state index is 12.5. The summed E-state index contributed by atoms with van der Waals surface area (Å²) in [6.45, 7) is 2.11. The number of carbonyl (C=O) groups excluding carboxylic acids is 2. The number of carbonyl (C=O) groups is 2. The molecule has 7 nitrogen and oxygen atoms in total. The number of hydrogen-bond acceptors (Lipinski definition) is 6. The average molecular weight is 517 g/mol. The summed E-state index contributed by atoms with van der Waals surface area (Å²) in [5.41, 5.74) is 2.42. The highest BCUT2D eigenvalue weighted by Crippen LogP contribution is 2.26.